The van der Waals surface area contributed by atoms with Crippen LogP contribution in [0.3, 0.4) is 0 Å². The first-order chi connectivity index (χ1) is 8.74. The Bertz CT molecular complexity index is 332. The summed E-state index contributed by atoms with van der Waals surface area (Å²) in [6.45, 7) is 4.61. The summed E-state index contributed by atoms with van der Waals surface area (Å²) in [7, 11) is 0. The Morgan fingerprint density at radius 1 is 1.28 bits per heavy atom. The van der Waals surface area contributed by atoms with Crippen molar-refractivity contribution < 1.29 is 9.84 Å². The standard InChI is InChI=1S/C16H24O2/c1-3-4-5-9-12-16(17)14(2)18-13-15-10-7-6-8-11-15/h6-12,14,16-17H,3-5,13H2,1-2H3/b12-9+/t14-,16+/m0/s1. The molecule has 2 atom stereocenters. The highest BCUT2D eigenvalue weighted by Gasteiger charge is 2.11. The molecular weight excluding hydrogens is 224 g/mol. The summed E-state index contributed by atoms with van der Waals surface area (Å²) in [5.74, 6) is 0. The molecule has 0 heterocycles. The van der Waals surface area contributed by atoms with Gasteiger partial charge in [-0.15, -0.1) is 0 Å². The Balaban J connectivity index is 2.27. The average Bonchev–Trinajstić information content (AvgIpc) is 2.42. The number of ether oxygens (including phenoxy) is 1. The summed E-state index contributed by atoms with van der Waals surface area (Å²) in [5.41, 5.74) is 1.13. The number of aliphatic hydroxyl groups excluding tert-OH is 1. The molecule has 0 spiro atoms. The van der Waals surface area contributed by atoms with E-state index in [9.17, 15) is 5.11 Å². The molecule has 0 amide bonds. The molecule has 0 aliphatic carbocycles. The van der Waals surface area contributed by atoms with Crippen molar-refractivity contribution in [2.75, 3.05) is 0 Å². The van der Waals surface area contributed by atoms with Crippen LogP contribution in [-0.4, -0.2) is 17.3 Å². The fraction of sp³-hybridized carbons (Fsp3) is 0.500. The van der Waals surface area contributed by atoms with Crippen LogP contribution in [0.4, 0.5) is 0 Å². The largest absolute Gasteiger partial charge is 0.386 e. The quantitative estimate of drug-likeness (QED) is 0.561. The summed E-state index contributed by atoms with van der Waals surface area (Å²) in [6.07, 6.45) is 6.55. The smallest absolute Gasteiger partial charge is 0.0980 e. The molecule has 2 heteroatoms. The number of unbranched alkanes of at least 4 members (excludes halogenated alkanes) is 2. The molecule has 1 aromatic carbocycles. The molecule has 100 valence electrons. The highest BCUT2D eigenvalue weighted by molar-refractivity contribution is 5.13. The van der Waals surface area contributed by atoms with Crippen LogP contribution in [0.2, 0.25) is 0 Å². The number of rotatable bonds is 8. The van der Waals surface area contributed by atoms with Gasteiger partial charge in [-0.05, 0) is 18.9 Å². The van der Waals surface area contributed by atoms with Crippen LogP contribution in [-0.2, 0) is 11.3 Å². The maximum Gasteiger partial charge on any atom is 0.0980 e. The van der Waals surface area contributed by atoms with E-state index in [1.807, 2.05) is 49.4 Å². The van der Waals surface area contributed by atoms with Gasteiger partial charge in [-0.2, -0.15) is 0 Å². The zero-order valence-electron chi connectivity index (χ0n) is 11.4. The molecule has 1 N–H and O–H groups in total. The van der Waals surface area contributed by atoms with E-state index in [1.165, 1.54) is 12.8 Å². The SMILES string of the molecule is CCCC/C=C/[C@@H](O)[C@H](C)OCc1ccccc1. The number of hydrogen-bond acceptors (Lipinski definition) is 2. The molecule has 1 aromatic rings. The molecular formula is C16H24O2. The third kappa shape index (κ3) is 5.99. The minimum atomic E-state index is -0.523. The van der Waals surface area contributed by atoms with Gasteiger partial charge in [-0.25, -0.2) is 0 Å². The van der Waals surface area contributed by atoms with Gasteiger partial charge in [0.25, 0.3) is 0 Å². The fourth-order valence-electron chi connectivity index (χ4n) is 1.61. The van der Waals surface area contributed by atoms with E-state index in [0.717, 1.165) is 12.0 Å². The van der Waals surface area contributed by atoms with Crippen LogP contribution in [0.15, 0.2) is 42.5 Å². The molecule has 18 heavy (non-hydrogen) atoms. The molecule has 0 saturated heterocycles. The van der Waals surface area contributed by atoms with Gasteiger partial charge in [0.15, 0.2) is 0 Å². The lowest BCUT2D eigenvalue weighted by atomic mass is 10.1. The normalized spacial score (nSPS) is 14.8. The average molecular weight is 248 g/mol. The van der Waals surface area contributed by atoms with E-state index in [0.29, 0.717) is 6.61 Å². The van der Waals surface area contributed by atoms with Crippen LogP contribution >= 0.6 is 0 Å². The highest BCUT2D eigenvalue weighted by Crippen LogP contribution is 2.07. The van der Waals surface area contributed by atoms with Crippen LogP contribution in [0.5, 0.6) is 0 Å². The first-order valence-corrected chi connectivity index (χ1v) is 6.74. The summed E-state index contributed by atoms with van der Waals surface area (Å²) >= 11 is 0. The summed E-state index contributed by atoms with van der Waals surface area (Å²) < 4.78 is 5.65. The van der Waals surface area contributed by atoms with Crippen molar-refractivity contribution >= 4 is 0 Å². The predicted octanol–water partition coefficient (Wildman–Crippen LogP) is 3.70. The van der Waals surface area contributed by atoms with Gasteiger partial charge in [0.2, 0.25) is 0 Å². The maximum absolute atomic E-state index is 9.88. The Kier molecular flexibility index (Phi) is 7.38. The molecule has 0 fully saturated rings. The number of allylic oxidation sites excluding steroid dienone is 1. The molecule has 2 nitrogen and oxygen atoms in total. The number of benzene rings is 1. The van der Waals surface area contributed by atoms with E-state index in [2.05, 4.69) is 6.92 Å². The van der Waals surface area contributed by atoms with Crippen LogP contribution < -0.4 is 0 Å². The lowest BCUT2D eigenvalue weighted by molar-refractivity contribution is -0.0153. The zero-order chi connectivity index (χ0) is 13.2. The summed E-state index contributed by atoms with van der Waals surface area (Å²) in [4.78, 5) is 0. The minimum absolute atomic E-state index is 0.178. The van der Waals surface area contributed by atoms with Crippen molar-refractivity contribution in [1.29, 1.82) is 0 Å². The van der Waals surface area contributed by atoms with E-state index in [4.69, 9.17) is 4.74 Å². The van der Waals surface area contributed by atoms with Crippen LogP contribution in [0.1, 0.15) is 38.7 Å². The molecule has 0 aliphatic heterocycles. The molecule has 0 aliphatic rings. The van der Waals surface area contributed by atoms with Crippen LogP contribution in [0, 0.1) is 0 Å². The zero-order valence-corrected chi connectivity index (χ0v) is 11.4. The highest BCUT2D eigenvalue weighted by atomic mass is 16.5. The van der Waals surface area contributed by atoms with E-state index in [1.54, 1.807) is 0 Å². The van der Waals surface area contributed by atoms with Crippen molar-refractivity contribution in [1.82, 2.24) is 0 Å². The second-order valence-corrected chi connectivity index (χ2v) is 4.56. The minimum Gasteiger partial charge on any atom is -0.386 e. The van der Waals surface area contributed by atoms with Gasteiger partial charge in [0, 0.05) is 0 Å². The topological polar surface area (TPSA) is 29.5 Å². The van der Waals surface area contributed by atoms with Gasteiger partial charge in [-0.1, -0.05) is 62.2 Å². The second-order valence-electron chi connectivity index (χ2n) is 4.56. The molecule has 0 saturated carbocycles. The Morgan fingerprint density at radius 3 is 2.67 bits per heavy atom. The van der Waals surface area contributed by atoms with Gasteiger partial charge < -0.3 is 9.84 Å². The monoisotopic (exact) mass is 248 g/mol. The lowest BCUT2D eigenvalue weighted by Gasteiger charge is -2.16. The van der Waals surface area contributed by atoms with E-state index < -0.39 is 6.10 Å². The third-order valence-corrected chi connectivity index (χ3v) is 2.89. The Hall–Kier alpha value is -1.12. The maximum atomic E-state index is 9.88. The van der Waals surface area contributed by atoms with Crippen molar-refractivity contribution in [3.63, 3.8) is 0 Å². The van der Waals surface area contributed by atoms with Crippen LogP contribution in [0.25, 0.3) is 0 Å². The molecule has 0 aromatic heterocycles. The molecule has 0 unspecified atom stereocenters. The molecule has 0 radical (unpaired) electrons. The Labute approximate surface area is 110 Å². The van der Waals surface area contributed by atoms with Crippen molar-refractivity contribution in [3.8, 4) is 0 Å². The lowest BCUT2D eigenvalue weighted by Crippen LogP contribution is -2.23. The number of aliphatic hydroxyl groups is 1. The summed E-state index contributed by atoms with van der Waals surface area (Å²) in [6, 6.07) is 10.0. The Morgan fingerprint density at radius 2 is 2.00 bits per heavy atom. The third-order valence-electron chi connectivity index (χ3n) is 2.89. The van der Waals surface area contributed by atoms with Crippen molar-refractivity contribution in [3.05, 3.63) is 48.0 Å². The van der Waals surface area contributed by atoms with Crippen molar-refractivity contribution in [2.24, 2.45) is 0 Å². The fourth-order valence-corrected chi connectivity index (χ4v) is 1.61. The second kappa shape index (κ2) is 8.90. The first kappa shape index (κ1) is 14.9. The molecule has 1 rings (SSSR count). The summed E-state index contributed by atoms with van der Waals surface area (Å²) in [5, 5.41) is 9.88. The first-order valence-electron chi connectivity index (χ1n) is 6.74. The van der Waals surface area contributed by atoms with Gasteiger partial charge in [0.05, 0.1) is 18.8 Å². The van der Waals surface area contributed by atoms with Gasteiger partial charge >= 0.3 is 0 Å². The van der Waals surface area contributed by atoms with Crippen molar-refractivity contribution in [2.45, 2.75) is 51.9 Å². The van der Waals surface area contributed by atoms with E-state index >= 15 is 0 Å². The van der Waals surface area contributed by atoms with Gasteiger partial charge in [0.1, 0.15) is 0 Å². The number of hydrogen-bond donors (Lipinski definition) is 1. The molecule has 0 bridgehead atoms. The van der Waals surface area contributed by atoms with Gasteiger partial charge in [-0.3, -0.25) is 0 Å². The predicted molar refractivity (Wildman–Crippen MR) is 75.4 cm³/mol. The van der Waals surface area contributed by atoms with E-state index in [-0.39, 0.29) is 6.10 Å².